The minimum Gasteiger partial charge on any atom is -0.368 e. The van der Waals surface area contributed by atoms with Gasteiger partial charge >= 0.3 is 0 Å². The summed E-state index contributed by atoms with van der Waals surface area (Å²) in [5.74, 6) is -0.145. The van der Waals surface area contributed by atoms with Crippen LogP contribution in [0.3, 0.4) is 0 Å². The highest BCUT2D eigenvalue weighted by atomic mass is 19.1. The topological polar surface area (TPSA) is 20.3 Å². The van der Waals surface area contributed by atoms with E-state index < -0.39 is 0 Å². The molecule has 1 aliphatic heterocycles. The molecule has 1 saturated heterocycles. The number of anilines is 1. The fourth-order valence-corrected chi connectivity index (χ4v) is 3.32. The Morgan fingerprint density at radius 3 is 2.61 bits per heavy atom. The van der Waals surface area contributed by atoms with E-state index in [0.29, 0.717) is 18.0 Å². The van der Waals surface area contributed by atoms with E-state index in [2.05, 4.69) is 29.2 Å². The van der Waals surface area contributed by atoms with E-state index in [1.54, 1.807) is 13.0 Å². The monoisotopic (exact) mass is 311 g/mol. The maximum absolute atomic E-state index is 13.6. The smallest absolute Gasteiger partial charge is 0.126 e. The molecular weight excluding hydrogens is 289 g/mol. The van der Waals surface area contributed by atoms with Crippen molar-refractivity contribution in [2.24, 2.45) is 0 Å². The van der Waals surface area contributed by atoms with Gasteiger partial charge in [0.15, 0.2) is 0 Å². The molecule has 2 nitrogen and oxygen atoms in total. The molecule has 0 radical (unpaired) electrons. The quantitative estimate of drug-likeness (QED) is 0.768. The fraction of sp³-hybridized carbons (Fsp3) is 0.350. The summed E-state index contributed by atoms with van der Waals surface area (Å²) >= 11 is 0. The van der Waals surface area contributed by atoms with E-state index >= 15 is 0 Å². The van der Waals surface area contributed by atoms with Crippen molar-refractivity contribution in [3.05, 3.63) is 65.0 Å². The summed E-state index contributed by atoms with van der Waals surface area (Å²) in [5, 5.41) is 0. The summed E-state index contributed by atoms with van der Waals surface area (Å²) in [6.07, 6.45) is 4.58. The second-order valence-corrected chi connectivity index (χ2v) is 6.32. The first-order chi connectivity index (χ1) is 11.2. The lowest BCUT2D eigenvalue weighted by atomic mass is 10.0. The molecular formula is C20H22FNO. The highest BCUT2D eigenvalue weighted by Gasteiger charge is 2.24. The largest absolute Gasteiger partial charge is 0.368 e. The number of nitrogens with zero attached hydrogens (tertiary/aromatic N) is 1. The van der Waals surface area contributed by atoms with Crippen LogP contribution in [-0.4, -0.2) is 18.9 Å². The lowest BCUT2D eigenvalue weighted by Gasteiger charge is -2.25. The second-order valence-electron chi connectivity index (χ2n) is 6.32. The Hall–Kier alpha value is -2.16. The molecule has 3 rings (SSSR count). The third kappa shape index (κ3) is 3.61. The molecule has 0 aromatic heterocycles. The van der Waals surface area contributed by atoms with Crippen molar-refractivity contribution < 1.29 is 9.18 Å². The van der Waals surface area contributed by atoms with Crippen LogP contribution in [0.25, 0.3) is 0 Å². The van der Waals surface area contributed by atoms with E-state index in [9.17, 15) is 9.18 Å². The molecule has 1 fully saturated rings. The zero-order chi connectivity index (χ0) is 16.2. The van der Waals surface area contributed by atoms with Crippen LogP contribution in [-0.2, 0) is 11.2 Å². The van der Waals surface area contributed by atoms with Gasteiger partial charge in [0.1, 0.15) is 12.1 Å². The molecule has 120 valence electrons. The molecule has 0 amide bonds. The summed E-state index contributed by atoms with van der Waals surface area (Å²) in [7, 11) is 0. The molecule has 3 heteroatoms. The molecule has 1 aliphatic rings. The van der Waals surface area contributed by atoms with Crippen LogP contribution in [0.4, 0.5) is 10.1 Å². The van der Waals surface area contributed by atoms with Gasteiger partial charge < -0.3 is 9.69 Å². The zero-order valence-corrected chi connectivity index (χ0v) is 13.5. The van der Waals surface area contributed by atoms with Gasteiger partial charge in [-0.15, -0.1) is 0 Å². The minimum absolute atomic E-state index is 0.145. The Balaban J connectivity index is 1.71. The van der Waals surface area contributed by atoms with Crippen LogP contribution in [0.15, 0.2) is 42.5 Å². The van der Waals surface area contributed by atoms with Gasteiger partial charge in [0.2, 0.25) is 0 Å². The van der Waals surface area contributed by atoms with Gasteiger partial charge in [-0.1, -0.05) is 24.3 Å². The SMILES string of the molecule is Cc1ccc(Cc2ccc(N3CCCC3CC=O)cc2)cc1F. The first-order valence-electron chi connectivity index (χ1n) is 8.21. The molecule has 1 unspecified atom stereocenters. The third-order valence-electron chi connectivity index (χ3n) is 4.66. The third-order valence-corrected chi connectivity index (χ3v) is 4.66. The number of rotatable bonds is 5. The maximum Gasteiger partial charge on any atom is 0.126 e. The predicted octanol–water partition coefficient (Wildman–Crippen LogP) is 4.28. The first-order valence-corrected chi connectivity index (χ1v) is 8.21. The molecule has 1 atom stereocenters. The number of hydrogen-bond donors (Lipinski definition) is 0. The molecule has 0 aliphatic carbocycles. The summed E-state index contributed by atoms with van der Waals surface area (Å²) in [5.41, 5.74) is 4.01. The number of carbonyl (C=O) groups excluding carboxylic acids is 1. The van der Waals surface area contributed by atoms with E-state index in [1.165, 1.54) is 11.3 Å². The van der Waals surface area contributed by atoms with Gasteiger partial charge in [-0.2, -0.15) is 0 Å². The minimum atomic E-state index is -0.145. The molecule has 2 aromatic rings. The van der Waals surface area contributed by atoms with Crippen LogP contribution < -0.4 is 4.90 Å². The highest BCUT2D eigenvalue weighted by Crippen LogP contribution is 2.27. The predicted molar refractivity (Wildman–Crippen MR) is 91.4 cm³/mol. The van der Waals surface area contributed by atoms with E-state index in [1.807, 2.05) is 12.1 Å². The molecule has 2 aromatic carbocycles. The van der Waals surface area contributed by atoms with Gasteiger partial charge in [0, 0.05) is 24.7 Å². The van der Waals surface area contributed by atoms with Crippen LogP contribution >= 0.6 is 0 Å². The number of halogens is 1. The molecule has 1 heterocycles. The van der Waals surface area contributed by atoms with Crippen LogP contribution in [0.2, 0.25) is 0 Å². The van der Waals surface area contributed by atoms with Crippen molar-refractivity contribution in [3.63, 3.8) is 0 Å². The van der Waals surface area contributed by atoms with E-state index in [0.717, 1.165) is 37.7 Å². The van der Waals surface area contributed by atoms with Crippen LogP contribution in [0.5, 0.6) is 0 Å². The van der Waals surface area contributed by atoms with Crippen molar-refractivity contribution in [2.75, 3.05) is 11.4 Å². The van der Waals surface area contributed by atoms with Gasteiger partial charge in [-0.25, -0.2) is 4.39 Å². The standard InChI is InChI=1S/C20H22FNO/c1-15-4-5-17(14-20(15)21)13-16-6-8-19(9-7-16)22-11-2-3-18(22)10-12-23/h4-9,12,14,18H,2-3,10-11,13H2,1H3. The number of carbonyl (C=O) groups is 1. The van der Waals surface area contributed by atoms with Gasteiger partial charge in [0.05, 0.1) is 0 Å². The fourth-order valence-electron chi connectivity index (χ4n) is 3.32. The normalized spacial score (nSPS) is 17.5. The second kappa shape index (κ2) is 6.95. The van der Waals surface area contributed by atoms with Crippen LogP contribution in [0.1, 0.15) is 36.0 Å². The number of aryl methyl sites for hydroxylation is 1. The molecule has 0 spiro atoms. The van der Waals surface area contributed by atoms with Crippen LogP contribution in [0, 0.1) is 12.7 Å². The Morgan fingerprint density at radius 2 is 1.91 bits per heavy atom. The Bertz CT molecular complexity index is 681. The lowest BCUT2D eigenvalue weighted by Crippen LogP contribution is -2.29. The van der Waals surface area contributed by atoms with Gasteiger partial charge in [-0.3, -0.25) is 0 Å². The van der Waals surface area contributed by atoms with E-state index in [4.69, 9.17) is 0 Å². The maximum atomic E-state index is 13.6. The molecule has 0 N–H and O–H groups in total. The van der Waals surface area contributed by atoms with Crippen molar-refractivity contribution >= 4 is 12.0 Å². The van der Waals surface area contributed by atoms with Crippen molar-refractivity contribution in [1.82, 2.24) is 0 Å². The summed E-state index contributed by atoms with van der Waals surface area (Å²) in [6.45, 7) is 2.79. The first kappa shape index (κ1) is 15.7. The van der Waals surface area contributed by atoms with Gasteiger partial charge in [-0.05, 0) is 61.1 Å². The Morgan fingerprint density at radius 1 is 1.17 bits per heavy atom. The van der Waals surface area contributed by atoms with Gasteiger partial charge in [0.25, 0.3) is 0 Å². The summed E-state index contributed by atoms with van der Waals surface area (Å²) in [6, 6.07) is 14.2. The number of benzene rings is 2. The average molecular weight is 311 g/mol. The Labute approximate surface area is 136 Å². The van der Waals surface area contributed by atoms with Crippen molar-refractivity contribution in [1.29, 1.82) is 0 Å². The number of aldehydes is 1. The Kier molecular flexibility index (Phi) is 4.75. The summed E-state index contributed by atoms with van der Waals surface area (Å²) < 4.78 is 13.6. The highest BCUT2D eigenvalue weighted by molar-refractivity contribution is 5.56. The summed E-state index contributed by atoms with van der Waals surface area (Å²) in [4.78, 5) is 13.1. The van der Waals surface area contributed by atoms with Crippen molar-refractivity contribution in [2.45, 2.75) is 38.6 Å². The number of hydrogen-bond acceptors (Lipinski definition) is 2. The molecule has 0 saturated carbocycles. The average Bonchev–Trinajstić information content (AvgIpc) is 3.00. The van der Waals surface area contributed by atoms with E-state index in [-0.39, 0.29) is 5.82 Å². The van der Waals surface area contributed by atoms with Crippen molar-refractivity contribution in [3.8, 4) is 0 Å². The molecule has 0 bridgehead atoms. The molecule has 23 heavy (non-hydrogen) atoms. The zero-order valence-electron chi connectivity index (χ0n) is 13.5. The lowest BCUT2D eigenvalue weighted by molar-refractivity contribution is -0.108.